The summed E-state index contributed by atoms with van der Waals surface area (Å²) in [4.78, 5) is 27.5. The van der Waals surface area contributed by atoms with Crippen LogP contribution in [0.4, 0.5) is 14.6 Å². The number of aliphatic hydroxyl groups is 1. The summed E-state index contributed by atoms with van der Waals surface area (Å²) in [5.74, 6) is -2.97. The number of aromatic nitrogens is 2. The van der Waals surface area contributed by atoms with Gasteiger partial charge in [-0.15, -0.1) is 0 Å². The van der Waals surface area contributed by atoms with E-state index in [-0.39, 0.29) is 12.2 Å². The van der Waals surface area contributed by atoms with Crippen LogP contribution in [-0.4, -0.2) is 33.3 Å². The lowest BCUT2D eigenvalue weighted by Gasteiger charge is -2.15. The number of carbonyl (C=O) groups is 1. The summed E-state index contributed by atoms with van der Waals surface area (Å²) in [6.07, 6.45) is 2.36. The molecule has 0 aliphatic carbocycles. The molecule has 1 aromatic heterocycles. The van der Waals surface area contributed by atoms with Gasteiger partial charge in [0.15, 0.2) is 17.9 Å². The van der Waals surface area contributed by atoms with E-state index in [1.54, 1.807) is 0 Å². The highest BCUT2D eigenvalue weighted by Crippen LogP contribution is 2.20. The van der Waals surface area contributed by atoms with Crippen LogP contribution in [0, 0.1) is 11.6 Å². The predicted octanol–water partition coefficient (Wildman–Crippen LogP) is 1.22. The minimum atomic E-state index is -0.964. The van der Waals surface area contributed by atoms with Gasteiger partial charge in [-0.1, -0.05) is 12.1 Å². The number of anilines is 1. The molecule has 0 spiro atoms. The van der Waals surface area contributed by atoms with Gasteiger partial charge in [0.05, 0.1) is 12.8 Å². The van der Waals surface area contributed by atoms with Gasteiger partial charge >= 0.3 is 5.69 Å². The number of nitrogens with zero attached hydrogens (tertiary/aromatic N) is 2. The van der Waals surface area contributed by atoms with Gasteiger partial charge in [0.25, 0.3) is 5.91 Å². The van der Waals surface area contributed by atoms with Gasteiger partial charge in [-0.3, -0.25) is 9.36 Å². The Hall–Kier alpha value is -2.91. The molecular weight excluding hydrogens is 336 g/mol. The van der Waals surface area contributed by atoms with Crippen molar-refractivity contribution in [1.29, 1.82) is 0 Å². The number of carbonyl (C=O) groups excluding carboxylic acids is 1. The molecule has 2 atom stereocenters. The first-order chi connectivity index (χ1) is 12.0. The highest BCUT2D eigenvalue weighted by atomic mass is 19.1. The maximum absolute atomic E-state index is 14.2. The monoisotopic (exact) mass is 349 g/mol. The molecule has 0 bridgehead atoms. The predicted molar refractivity (Wildman–Crippen MR) is 82.9 cm³/mol. The van der Waals surface area contributed by atoms with E-state index >= 15 is 0 Å². The lowest BCUT2D eigenvalue weighted by atomic mass is 10.2. The molecule has 25 heavy (non-hydrogen) atoms. The van der Waals surface area contributed by atoms with Crippen molar-refractivity contribution in [2.24, 2.45) is 0 Å². The van der Waals surface area contributed by atoms with Crippen molar-refractivity contribution in [2.45, 2.75) is 12.3 Å². The summed E-state index contributed by atoms with van der Waals surface area (Å²) >= 11 is 0. The Bertz CT molecular complexity index is 897. The Morgan fingerprint density at radius 2 is 2.16 bits per heavy atom. The van der Waals surface area contributed by atoms with Crippen molar-refractivity contribution in [3.8, 4) is 0 Å². The molecule has 0 unspecified atom stereocenters. The average molecular weight is 349 g/mol. The molecule has 0 saturated carbocycles. The highest BCUT2D eigenvalue weighted by Gasteiger charge is 2.23. The molecule has 2 heterocycles. The molecule has 7 nitrogen and oxygen atoms in total. The van der Waals surface area contributed by atoms with Crippen LogP contribution in [0.3, 0.4) is 0 Å². The fourth-order valence-corrected chi connectivity index (χ4v) is 2.28. The average Bonchev–Trinajstić information content (AvgIpc) is 3.06. The maximum Gasteiger partial charge on any atom is 0.352 e. The Morgan fingerprint density at radius 1 is 1.36 bits per heavy atom. The number of ether oxygens (including phenoxy) is 1. The molecule has 9 heteroatoms. The van der Waals surface area contributed by atoms with E-state index in [1.165, 1.54) is 24.3 Å². The second-order valence-corrected chi connectivity index (χ2v) is 5.22. The van der Waals surface area contributed by atoms with Gasteiger partial charge in [-0.25, -0.2) is 13.6 Å². The van der Waals surface area contributed by atoms with Crippen LogP contribution in [0.1, 0.15) is 16.6 Å². The van der Waals surface area contributed by atoms with Crippen LogP contribution in [-0.2, 0) is 4.74 Å². The van der Waals surface area contributed by atoms with Crippen molar-refractivity contribution in [3.05, 3.63) is 70.3 Å². The third kappa shape index (κ3) is 3.62. The van der Waals surface area contributed by atoms with E-state index in [0.717, 1.165) is 22.9 Å². The van der Waals surface area contributed by atoms with E-state index in [9.17, 15) is 18.4 Å². The second kappa shape index (κ2) is 6.91. The molecule has 1 amide bonds. The minimum absolute atomic E-state index is 0.0433. The fourth-order valence-electron chi connectivity index (χ4n) is 2.28. The summed E-state index contributed by atoms with van der Waals surface area (Å²) in [5, 5.41) is 11.1. The van der Waals surface area contributed by atoms with Crippen molar-refractivity contribution >= 4 is 11.7 Å². The Balaban J connectivity index is 1.82. The number of hydrogen-bond donors (Lipinski definition) is 2. The summed E-state index contributed by atoms with van der Waals surface area (Å²) in [7, 11) is 0. The molecule has 1 aromatic carbocycles. The SMILES string of the molecule is O=C(Nc1nc(=O)n([C@H]2C=C[C@@H](CO)O2)cc1F)c1cccc(F)c1. The molecule has 2 N–H and O–H groups in total. The lowest BCUT2D eigenvalue weighted by Crippen LogP contribution is -2.30. The molecule has 2 aromatic rings. The zero-order valence-corrected chi connectivity index (χ0v) is 12.7. The summed E-state index contributed by atoms with van der Waals surface area (Å²) in [6.45, 7) is -0.278. The van der Waals surface area contributed by atoms with Gasteiger partial charge in [0, 0.05) is 5.56 Å². The lowest BCUT2D eigenvalue weighted by molar-refractivity contribution is -0.0106. The fraction of sp³-hybridized carbons (Fsp3) is 0.188. The number of aliphatic hydroxyl groups excluding tert-OH is 1. The van der Waals surface area contributed by atoms with E-state index < -0.39 is 41.4 Å². The van der Waals surface area contributed by atoms with Crippen LogP contribution in [0.15, 0.2) is 47.4 Å². The van der Waals surface area contributed by atoms with Gasteiger partial charge in [-0.2, -0.15) is 4.98 Å². The molecule has 0 saturated heterocycles. The first kappa shape index (κ1) is 16.9. The Morgan fingerprint density at radius 3 is 2.84 bits per heavy atom. The number of halogens is 2. The van der Waals surface area contributed by atoms with E-state index in [2.05, 4.69) is 10.3 Å². The molecule has 3 rings (SSSR count). The first-order valence-electron chi connectivity index (χ1n) is 7.28. The summed E-state index contributed by atoms with van der Waals surface area (Å²) in [6, 6.07) is 4.79. The number of hydrogen-bond acceptors (Lipinski definition) is 5. The van der Waals surface area contributed by atoms with Gasteiger partial charge in [-0.05, 0) is 24.3 Å². The maximum atomic E-state index is 14.2. The Kier molecular flexibility index (Phi) is 4.68. The third-order valence-corrected chi connectivity index (χ3v) is 3.48. The van der Waals surface area contributed by atoms with Crippen LogP contribution >= 0.6 is 0 Å². The largest absolute Gasteiger partial charge is 0.393 e. The molecule has 0 fully saturated rings. The van der Waals surface area contributed by atoms with E-state index in [0.29, 0.717) is 0 Å². The zero-order valence-electron chi connectivity index (χ0n) is 12.7. The number of benzene rings is 1. The standard InChI is InChI=1S/C16H13F2N3O4/c17-10-3-1-2-9(6-10)15(23)19-14-12(18)7-21(16(24)20-14)13-5-4-11(8-22)25-13/h1-7,11,13,22H,8H2,(H,19,20,23,24)/t11-,13+/m0/s1. The van der Waals surface area contributed by atoms with Crippen molar-refractivity contribution < 1.29 is 23.4 Å². The van der Waals surface area contributed by atoms with Crippen molar-refractivity contribution in [1.82, 2.24) is 9.55 Å². The summed E-state index contributed by atoms with van der Waals surface area (Å²) in [5.41, 5.74) is -0.901. The Labute approximate surface area is 140 Å². The minimum Gasteiger partial charge on any atom is -0.393 e. The first-order valence-corrected chi connectivity index (χ1v) is 7.28. The van der Waals surface area contributed by atoms with E-state index in [1.807, 2.05) is 0 Å². The van der Waals surface area contributed by atoms with E-state index in [4.69, 9.17) is 9.84 Å². The van der Waals surface area contributed by atoms with Crippen molar-refractivity contribution in [3.63, 3.8) is 0 Å². The van der Waals surface area contributed by atoms with Gasteiger partial charge in [0.2, 0.25) is 0 Å². The molecule has 1 aliphatic rings. The van der Waals surface area contributed by atoms with Gasteiger partial charge < -0.3 is 15.2 Å². The van der Waals surface area contributed by atoms with Crippen LogP contribution in [0.5, 0.6) is 0 Å². The number of rotatable bonds is 4. The van der Waals surface area contributed by atoms with Gasteiger partial charge in [0.1, 0.15) is 11.9 Å². The van der Waals surface area contributed by atoms with Crippen LogP contribution in [0.25, 0.3) is 0 Å². The van der Waals surface area contributed by atoms with Crippen molar-refractivity contribution in [2.75, 3.05) is 11.9 Å². The molecule has 130 valence electrons. The van der Waals surface area contributed by atoms with Crippen LogP contribution < -0.4 is 11.0 Å². The zero-order chi connectivity index (χ0) is 18.0. The normalized spacial score (nSPS) is 19.2. The highest BCUT2D eigenvalue weighted by molar-refractivity contribution is 6.03. The third-order valence-electron chi connectivity index (χ3n) is 3.48. The summed E-state index contributed by atoms with van der Waals surface area (Å²) < 4.78 is 33.5. The van der Waals surface area contributed by atoms with Crippen LogP contribution in [0.2, 0.25) is 0 Å². The topological polar surface area (TPSA) is 93.5 Å². The molecule has 0 radical (unpaired) electrons. The molecular formula is C16H13F2N3O4. The number of amides is 1. The second-order valence-electron chi connectivity index (χ2n) is 5.22. The number of nitrogens with one attached hydrogen (secondary N) is 1. The molecule has 1 aliphatic heterocycles. The quantitative estimate of drug-likeness (QED) is 0.810. The smallest absolute Gasteiger partial charge is 0.352 e.